The lowest BCUT2D eigenvalue weighted by atomic mass is 9.96. The van der Waals surface area contributed by atoms with Gasteiger partial charge in [-0.3, -0.25) is 4.68 Å². The molecule has 0 radical (unpaired) electrons. The molecule has 7 nitrogen and oxygen atoms in total. The van der Waals surface area contributed by atoms with Crippen molar-refractivity contribution in [2.45, 2.75) is 52.9 Å². The van der Waals surface area contributed by atoms with Gasteiger partial charge >= 0.3 is 6.18 Å². The molecule has 1 aliphatic heterocycles. The highest BCUT2D eigenvalue weighted by Crippen LogP contribution is 2.35. The van der Waals surface area contributed by atoms with Crippen LogP contribution in [0.5, 0.6) is 5.75 Å². The molecule has 2 N–H and O–H groups in total. The molecule has 5 rings (SSSR count). The zero-order chi connectivity index (χ0) is 33.0. The zero-order valence-corrected chi connectivity index (χ0v) is 25.8. The maximum absolute atomic E-state index is 15.0. The Balaban J connectivity index is 1.61. The van der Waals surface area contributed by atoms with Gasteiger partial charge in [-0.1, -0.05) is 44.7 Å². The molecule has 0 bridgehead atoms. The topological polar surface area (TPSA) is 76.9 Å². The number of para-hydroxylation sites is 1. The summed E-state index contributed by atoms with van der Waals surface area (Å²) >= 11 is 0. The third-order valence-corrected chi connectivity index (χ3v) is 7.88. The number of halogens is 5. The molecule has 0 amide bonds. The molecule has 0 spiro atoms. The Morgan fingerprint density at radius 3 is 2.57 bits per heavy atom. The van der Waals surface area contributed by atoms with Crippen LogP contribution in [0, 0.1) is 17.6 Å². The predicted molar refractivity (Wildman–Crippen MR) is 168 cm³/mol. The second kappa shape index (κ2) is 13.8. The average molecular weight is 639 g/mol. The Hall–Kier alpha value is -4.58. The second-order valence-corrected chi connectivity index (χ2v) is 11.0. The SMILES string of the molecule is C=C/C=C(\C=C(/C(C)CC)C(F)(F)F)Nc1nc(-c2nn(Cc3c(F)cc(OCC)cc3F)c3ccccc23)nc2c1CNCC2. The minimum absolute atomic E-state index is 0.0930. The van der Waals surface area contributed by atoms with Gasteiger partial charge in [-0.2, -0.15) is 18.3 Å². The van der Waals surface area contributed by atoms with Gasteiger partial charge in [0.15, 0.2) is 5.82 Å². The summed E-state index contributed by atoms with van der Waals surface area (Å²) in [6, 6.07) is 9.46. The van der Waals surface area contributed by atoms with Crippen LogP contribution in [-0.2, 0) is 19.5 Å². The lowest BCUT2D eigenvalue weighted by Crippen LogP contribution is -2.26. The standard InChI is InChI=1S/C34H35F5N6O/c1-5-10-21(15-26(20(4)6-2)34(37,38)39)41-32-24-18-40-14-13-29(24)42-33(43-32)31-23-11-8-9-12-30(23)45(44-31)19-25-27(35)16-22(46-7-3)17-28(25)36/h5,8-12,15-17,20,40H,1,6-7,13-14,18-19H2,2-4H3,(H,41,42,43)/b21-10+,26-15+. The smallest absolute Gasteiger partial charge is 0.413 e. The first-order valence-electron chi connectivity index (χ1n) is 15.1. The van der Waals surface area contributed by atoms with Crippen LogP contribution >= 0.6 is 0 Å². The Labute approximate surface area is 263 Å². The number of anilines is 1. The Bertz CT molecular complexity index is 1790. The van der Waals surface area contributed by atoms with Crippen molar-refractivity contribution in [1.82, 2.24) is 25.1 Å². The van der Waals surface area contributed by atoms with Crippen LogP contribution in [0.3, 0.4) is 0 Å². The monoisotopic (exact) mass is 638 g/mol. The Kier molecular flexibility index (Phi) is 9.85. The van der Waals surface area contributed by atoms with Gasteiger partial charge in [0.05, 0.1) is 24.4 Å². The summed E-state index contributed by atoms with van der Waals surface area (Å²) in [4.78, 5) is 9.57. The molecular weight excluding hydrogens is 603 g/mol. The third-order valence-electron chi connectivity index (χ3n) is 7.88. The van der Waals surface area contributed by atoms with Crippen molar-refractivity contribution < 1.29 is 26.7 Å². The number of ether oxygens (including phenoxy) is 1. The van der Waals surface area contributed by atoms with E-state index in [1.807, 2.05) is 6.07 Å². The fraction of sp³-hybridized carbons (Fsp3) is 0.324. The van der Waals surface area contributed by atoms with Gasteiger partial charge in [0, 0.05) is 59.4 Å². The van der Waals surface area contributed by atoms with Crippen LogP contribution in [0.2, 0.25) is 0 Å². The average Bonchev–Trinajstić information content (AvgIpc) is 3.39. The zero-order valence-electron chi connectivity index (χ0n) is 25.8. The van der Waals surface area contributed by atoms with Crippen molar-refractivity contribution >= 4 is 16.7 Å². The first kappa shape index (κ1) is 32.8. The molecular formula is C34H35F5N6O. The molecule has 1 atom stereocenters. The van der Waals surface area contributed by atoms with Gasteiger partial charge < -0.3 is 15.4 Å². The van der Waals surface area contributed by atoms with Crippen molar-refractivity contribution in [1.29, 1.82) is 0 Å². The molecule has 1 aliphatic rings. The van der Waals surface area contributed by atoms with Crippen LogP contribution in [0.4, 0.5) is 27.8 Å². The summed E-state index contributed by atoms with van der Waals surface area (Å²) in [5, 5.41) is 11.7. The number of hydrogen-bond donors (Lipinski definition) is 2. The third kappa shape index (κ3) is 6.96. The van der Waals surface area contributed by atoms with E-state index in [1.54, 1.807) is 32.0 Å². The molecule has 0 fully saturated rings. The number of nitrogens with one attached hydrogen (secondary N) is 2. The maximum atomic E-state index is 15.0. The first-order chi connectivity index (χ1) is 22.0. The summed E-state index contributed by atoms with van der Waals surface area (Å²) < 4.78 is 78.8. The number of rotatable bonds is 11. The molecule has 2 aromatic carbocycles. The largest absolute Gasteiger partial charge is 0.494 e. The van der Waals surface area contributed by atoms with E-state index < -0.39 is 29.3 Å². The van der Waals surface area contributed by atoms with E-state index in [1.165, 1.54) is 23.8 Å². The molecule has 0 saturated heterocycles. The molecule has 4 aromatic rings. The highest BCUT2D eigenvalue weighted by molar-refractivity contribution is 5.92. The number of aromatic nitrogens is 4. The summed E-state index contributed by atoms with van der Waals surface area (Å²) in [6.45, 7) is 9.75. The van der Waals surface area contributed by atoms with Crippen molar-refractivity contribution in [3.63, 3.8) is 0 Å². The van der Waals surface area contributed by atoms with Gasteiger partial charge in [0.1, 0.15) is 28.9 Å². The molecule has 1 unspecified atom stereocenters. The lowest BCUT2D eigenvalue weighted by Gasteiger charge is -2.22. The van der Waals surface area contributed by atoms with E-state index in [2.05, 4.69) is 17.2 Å². The van der Waals surface area contributed by atoms with Crippen molar-refractivity contribution in [3.8, 4) is 17.3 Å². The number of allylic oxidation sites excluding steroid dienone is 4. The number of hydrogen-bond acceptors (Lipinski definition) is 6. The van der Waals surface area contributed by atoms with Crippen LogP contribution in [-0.4, -0.2) is 39.1 Å². The van der Waals surface area contributed by atoms with Crippen molar-refractivity contribution in [2.75, 3.05) is 18.5 Å². The van der Waals surface area contributed by atoms with Crippen molar-refractivity contribution in [2.24, 2.45) is 5.92 Å². The molecule has 0 saturated carbocycles. The van der Waals surface area contributed by atoms with E-state index in [0.717, 1.165) is 23.8 Å². The maximum Gasteiger partial charge on any atom is 0.413 e. The number of benzene rings is 2. The fourth-order valence-corrected chi connectivity index (χ4v) is 5.38. The quantitative estimate of drug-likeness (QED) is 0.129. The normalized spacial score (nSPS) is 14.7. The number of nitrogens with zero attached hydrogens (tertiary/aromatic N) is 4. The van der Waals surface area contributed by atoms with E-state index in [4.69, 9.17) is 19.8 Å². The van der Waals surface area contributed by atoms with Gasteiger partial charge in [-0.05, 0) is 37.5 Å². The van der Waals surface area contributed by atoms with Gasteiger partial charge in [0.25, 0.3) is 0 Å². The first-order valence-corrected chi connectivity index (χ1v) is 15.1. The van der Waals surface area contributed by atoms with E-state index >= 15 is 8.78 Å². The lowest BCUT2D eigenvalue weighted by molar-refractivity contribution is -0.0985. The van der Waals surface area contributed by atoms with Gasteiger partial charge in [-0.15, -0.1) is 0 Å². The second-order valence-electron chi connectivity index (χ2n) is 11.0. The summed E-state index contributed by atoms with van der Waals surface area (Å²) in [5.41, 5.74) is 1.71. The predicted octanol–water partition coefficient (Wildman–Crippen LogP) is 7.88. The summed E-state index contributed by atoms with van der Waals surface area (Å²) in [6.07, 6.45) is 0.294. The molecule has 0 aliphatic carbocycles. The highest BCUT2D eigenvalue weighted by atomic mass is 19.4. The number of alkyl halides is 3. The van der Waals surface area contributed by atoms with Crippen LogP contribution in [0.15, 0.2) is 72.5 Å². The van der Waals surface area contributed by atoms with Crippen LogP contribution in [0.1, 0.15) is 44.0 Å². The van der Waals surface area contributed by atoms with Crippen LogP contribution < -0.4 is 15.4 Å². The van der Waals surface area contributed by atoms with E-state index in [-0.39, 0.29) is 36.0 Å². The molecule has 46 heavy (non-hydrogen) atoms. The van der Waals surface area contributed by atoms with E-state index in [0.29, 0.717) is 54.0 Å². The minimum atomic E-state index is -4.52. The minimum Gasteiger partial charge on any atom is -0.494 e. The van der Waals surface area contributed by atoms with E-state index in [9.17, 15) is 13.2 Å². The summed E-state index contributed by atoms with van der Waals surface area (Å²) in [5.74, 6) is -1.62. The summed E-state index contributed by atoms with van der Waals surface area (Å²) in [7, 11) is 0. The molecule has 242 valence electrons. The Morgan fingerprint density at radius 1 is 1.15 bits per heavy atom. The number of fused-ring (bicyclic) bond motifs is 2. The fourth-order valence-electron chi connectivity index (χ4n) is 5.38. The van der Waals surface area contributed by atoms with Gasteiger partial charge in [-0.25, -0.2) is 18.7 Å². The Morgan fingerprint density at radius 2 is 1.89 bits per heavy atom. The van der Waals surface area contributed by atoms with Crippen molar-refractivity contribution in [3.05, 3.63) is 101 Å². The molecule has 2 aromatic heterocycles. The molecule has 3 heterocycles. The highest BCUT2D eigenvalue weighted by Gasteiger charge is 2.36. The van der Waals surface area contributed by atoms with Crippen LogP contribution in [0.25, 0.3) is 22.4 Å². The molecule has 12 heteroatoms. The van der Waals surface area contributed by atoms with Gasteiger partial charge in [0.2, 0.25) is 0 Å².